The van der Waals surface area contributed by atoms with Crippen LogP contribution in [0.2, 0.25) is 0 Å². The quantitative estimate of drug-likeness (QED) is 0.765. The van der Waals surface area contributed by atoms with Crippen LogP contribution in [0.25, 0.3) is 0 Å². The maximum absolute atomic E-state index is 12.5. The molecule has 6 nitrogen and oxygen atoms in total. The first kappa shape index (κ1) is 16.2. The van der Waals surface area contributed by atoms with Crippen LogP contribution in [0.15, 0.2) is 27.2 Å². The number of sulfonamides is 1. The number of hydrogen-bond acceptors (Lipinski definition) is 5. The van der Waals surface area contributed by atoms with Crippen LogP contribution in [-0.4, -0.2) is 19.9 Å². The van der Waals surface area contributed by atoms with E-state index in [0.29, 0.717) is 12.1 Å². The minimum absolute atomic E-state index is 0.0907. The first-order chi connectivity index (χ1) is 11.0. The van der Waals surface area contributed by atoms with E-state index in [1.165, 1.54) is 5.56 Å². The van der Waals surface area contributed by atoms with Crippen molar-refractivity contribution in [3.8, 4) is 0 Å². The summed E-state index contributed by atoms with van der Waals surface area (Å²) in [6.07, 6.45) is 2.45. The smallest absolute Gasteiger partial charge is 0.306 e. The Hall–Kier alpha value is -1.64. The normalized spacial score (nSPS) is 14.3. The van der Waals surface area contributed by atoms with Crippen LogP contribution in [0.5, 0.6) is 0 Å². The van der Waals surface area contributed by atoms with E-state index in [2.05, 4.69) is 15.0 Å². The van der Waals surface area contributed by atoms with Crippen molar-refractivity contribution in [2.75, 3.05) is 11.9 Å². The summed E-state index contributed by atoms with van der Waals surface area (Å²) in [5.41, 5.74) is 3.68. The summed E-state index contributed by atoms with van der Waals surface area (Å²) in [6, 6.07) is 5.88. The van der Waals surface area contributed by atoms with Crippen LogP contribution in [0.4, 0.5) is 5.69 Å². The zero-order valence-electron chi connectivity index (χ0n) is 12.8. The second kappa shape index (κ2) is 6.46. The van der Waals surface area contributed by atoms with Gasteiger partial charge in [-0.1, -0.05) is 30.4 Å². The van der Waals surface area contributed by atoms with Crippen molar-refractivity contribution in [2.24, 2.45) is 0 Å². The monoisotopic (exact) mass is 353 g/mol. The van der Waals surface area contributed by atoms with E-state index in [0.717, 1.165) is 42.0 Å². The van der Waals surface area contributed by atoms with Crippen LogP contribution in [0, 0.1) is 0 Å². The lowest BCUT2D eigenvalue weighted by molar-refractivity contribution is 0.581. The Bertz CT molecular complexity index is 868. The highest BCUT2D eigenvalue weighted by molar-refractivity contribution is 7.91. The number of H-pyrrole nitrogens is 1. The molecule has 2 heterocycles. The summed E-state index contributed by atoms with van der Waals surface area (Å²) < 4.78 is 27.7. The molecule has 1 aromatic heterocycles. The number of hydrogen-bond donors (Lipinski definition) is 3. The predicted octanol–water partition coefficient (Wildman–Crippen LogP) is 1.84. The van der Waals surface area contributed by atoms with Crippen molar-refractivity contribution in [2.45, 2.75) is 36.9 Å². The molecule has 1 aliphatic rings. The topological polar surface area (TPSA) is 91.1 Å². The van der Waals surface area contributed by atoms with Gasteiger partial charge in [0.2, 0.25) is 0 Å². The van der Waals surface area contributed by atoms with Crippen LogP contribution >= 0.6 is 11.3 Å². The molecule has 0 fully saturated rings. The maximum atomic E-state index is 12.5. The minimum atomic E-state index is -3.69. The van der Waals surface area contributed by atoms with Crippen molar-refractivity contribution in [1.82, 2.24) is 9.71 Å². The first-order valence-corrected chi connectivity index (χ1v) is 9.87. The summed E-state index contributed by atoms with van der Waals surface area (Å²) in [6.45, 7) is 2.98. The van der Waals surface area contributed by atoms with Gasteiger partial charge in [0, 0.05) is 24.5 Å². The minimum Gasteiger partial charge on any atom is -0.385 e. The van der Waals surface area contributed by atoms with E-state index in [1.54, 1.807) is 0 Å². The highest BCUT2D eigenvalue weighted by atomic mass is 32.2. The lowest BCUT2D eigenvalue weighted by Crippen LogP contribution is -2.25. The number of aromatic nitrogens is 1. The summed E-state index contributed by atoms with van der Waals surface area (Å²) in [4.78, 5) is 13.7. The van der Waals surface area contributed by atoms with E-state index in [4.69, 9.17) is 0 Å². The van der Waals surface area contributed by atoms with Gasteiger partial charge >= 0.3 is 4.87 Å². The molecule has 1 aliphatic heterocycles. The maximum Gasteiger partial charge on any atom is 0.306 e. The largest absolute Gasteiger partial charge is 0.385 e. The molecule has 124 valence electrons. The number of aryl methyl sites for hydroxylation is 1. The molecule has 0 saturated heterocycles. The molecule has 0 atom stereocenters. The Balaban J connectivity index is 1.84. The molecule has 3 N–H and O–H groups in total. The molecular formula is C15H19N3O3S2. The number of aromatic amines is 1. The number of benzene rings is 1. The fourth-order valence-electron chi connectivity index (χ4n) is 2.78. The van der Waals surface area contributed by atoms with Crippen molar-refractivity contribution in [3.05, 3.63) is 44.7 Å². The van der Waals surface area contributed by atoms with Gasteiger partial charge in [-0.2, -0.15) is 0 Å². The van der Waals surface area contributed by atoms with Gasteiger partial charge in [-0.15, -0.1) is 0 Å². The van der Waals surface area contributed by atoms with E-state index in [9.17, 15) is 13.2 Å². The number of nitrogens with one attached hydrogen (secondary N) is 3. The van der Waals surface area contributed by atoms with E-state index in [-0.39, 0.29) is 15.6 Å². The molecule has 8 heteroatoms. The van der Waals surface area contributed by atoms with E-state index < -0.39 is 10.0 Å². The Morgan fingerprint density at radius 1 is 1.35 bits per heavy atom. The van der Waals surface area contributed by atoms with Gasteiger partial charge in [0.1, 0.15) is 0 Å². The molecule has 0 aliphatic carbocycles. The second-order valence-corrected chi connectivity index (χ2v) is 8.38. The Labute approximate surface area is 139 Å². The van der Waals surface area contributed by atoms with Gasteiger partial charge in [0.05, 0.1) is 0 Å². The van der Waals surface area contributed by atoms with Crippen molar-refractivity contribution in [1.29, 1.82) is 0 Å². The van der Waals surface area contributed by atoms with Crippen molar-refractivity contribution >= 4 is 27.0 Å². The summed E-state index contributed by atoms with van der Waals surface area (Å²) in [5.74, 6) is 0. The van der Waals surface area contributed by atoms with Crippen molar-refractivity contribution in [3.63, 3.8) is 0 Å². The van der Waals surface area contributed by atoms with Gasteiger partial charge in [0.15, 0.2) is 4.21 Å². The van der Waals surface area contributed by atoms with Gasteiger partial charge < -0.3 is 10.3 Å². The molecule has 3 rings (SSSR count). The molecule has 0 bridgehead atoms. The Kier molecular flexibility index (Phi) is 4.56. The van der Waals surface area contributed by atoms with Gasteiger partial charge in [-0.05, 0) is 36.5 Å². The molecule has 0 saturated carbocycles. The Morgan fingerprint density at radius 3 is 2.96 bits per heavy atom. The number of anilines is 1. The average molecular weight is 353 g/mol. The molecule has 2 aromatic rings. The summed E-state index contributed by atoms with van der Waals surface area (Å²) >= 11 is 0.736. The molecule has 0 unspecified atom stereocenters. The third-order valence-electron chi connectivity index (χ3n) is 3.93. The van der Waals surface area contributed by atoms with E-state index in [1.807, 2.05) is 25.1 Å². The zero-order valence-corrected chi connectivity index (χ0v) is 14.4. The lowest BCUT2D eigenvalue weighted by atomic mass is 9.98. The standard InChI is InChI=1S/C15H19N3O3S2/c1-2-12-14(22-15(19)18-12)23(20,21)17-9-10-5-3-7-13-11(10)6-4-8-16-13/h3,5,7,16-17H,2,4,6,8-9H2,1H3,(H,18,19). The molecule has 0 spiro atoms. The third-order valence-corrected chi connectivity index (χ3v) is 6.81. The molecule has 0 amide bonds. The SMILES string of the molecule is CCc1[nH]c(=O)sc1S(=O)(=O)NCc1cccc2c1CCCN2. The zero-order chi connectivity index (χ0) is 16.4. The number of thiazole rings is 1. The van der Waals surface area contributed by atoms with Gasteiger partial charge in [-0.25, -0.2) is 13.1 Å². The summed E-state index contributed by atoms with van der Waals surface area (Å²) in [5, 5.41) is 3.33. The van der Waals surface area contributed by atoms with Crippen LogP contribution < -0.4 is 14.9 Å². The van der Waals surface area contributed by atoms with Crippen molar-refractivity contribution < 1.29 is 8.42 Å². The molecule has 0 radical (unpaired) electrons. The predicted molar refractivity (Wildman–Crippen MR) is 91.6 cm³/mol. The van der Waals surface area contributed by atoms with Gasteiger partial charge in [-0.3, -0.25) is 4.79 Å². The third kappa shape index (κ3) is 3.34. The highest BCUT2D eigenvalue weighted by Gasteiger charge is 2.22. The number of rotatable bonds is 5. The summed E-state index contributed by atoms with van der Waals surface area (Å²) in [7, 11) is -3.69. The first-order valence-electron chi connectivity index (χ1n) is 7.57. The second-order valence-electron chi connectivity index (χ2n) is 5.43. The molecule has 1 aromatic carbocycles. The fraction of sp³-hybridized carbons (Fsp3) is 0.400. The lowest BCUT2D eigenvalue weighted by Gasteiger charge is -2.21. The average Bonchev–Trinajstić information content (AvgIpc) is 2.95. The molecule has 23 heavy (non-hydrogen) atoms. The van der Waals surface area contributed by atoms with Crippen LogP contribution in [0.1, 0.15) is 30.2 Å². The van der Waals surface area contributed by atoms with Crippen LogP contribution in [0.3, 0.4) is 0 Å². The molecular weight excluding hydrogens is 334 g/mol. The van der Waals surface area contributed by atoms with Crippen LogP contribution in [-0.2, 0) is 29.4 Å². The number of fused-ring (bicyclic) bond motifs is 1. The highest BCUT2D eigenvalue weighted by Crippen LogP contribution is 2.26. The Morgan fingerprint density at radius 2 is 2.17 bits per heavy atom. The fourth-order valence-corrected chi connectivity index (χ4v) is 5.28. The van der Waals surface area contributed by atoms with Gasteiger partial charge in [0.25, 0.3) is 10.0 Å². The van der Waals surface area contributed by atoms with E-state index >= 15 is 0 Å².